The topological polar surface area (TPSA) is 82.1 Å². The van der Waals surface area contributed by atoms with E-state index in [2.05, 4.69) is 51.5 Å². The van der Waals surface area contributed by atoms with Gasteiger partial charge in [-0.25, -0.2) is 4.79 Å². The van der Waals surface area contributed by atoms with Gasteiger partial charge in [0.25, 0.3) is 0 Å². The standard InChI is InChI=1S/C27H28ClN3O4/c1-35-18-25(32)29-24-12-11-22(17-23(24)27(33)34)30-13-15-31(16-14-30)26(19-5-3-2-4-6-19)20-7-9-21(28)10-8-20/h2-12,17,26H,13-16,18H2,1H3,(H,29,32)(H,33,34). The predicted octanol–water partition coefficient (Wildman–Crippen LogP) is 4.53. The van der Waals surface area contributed by atoms with Crippen LogP contribution in [0.1, 0.15) is 27.5 Å². The summed E-state index contributed by atoms with van der Waals surface area (Å²) in [5, 5.41) is 13.0. The summed E-state index contributed by atoms with van der Waals surface area (Å²) in [6.45, 7) is 2.95. The normalized spacial score (nSPS) is 15.0. The van der Waals surface area contributed by atoms with Crippen molar-refractivity contribution in [1.82, 2.24) is 4.90 Å². The van der Waals surface area contributed by atoms with Crippen LogP contribution in [0.4, 0.5) is 11.4 Å². The van der Waals surface area contributed by atoms with Gasteiger partial charge >= 0.3 is 5.97 Å². The first-order valence-electron chi connectivity index (χ1n) is 11.4. The number of rotatable bonds is 8. The number of ether oxygens (including phenoxy) is 1. The summed E-state index contributed by atoms with van der Waals surface area (Å²) in [5.74, 6) is -1.49. The molecule has 0 aliphatic carbocycles. The van der Waals surface area contributed by atoms with Crippen LogP contribution in [0.2, 0.25) is 5.02 Å². The van der Waals surface area contributed by atoms with Crippen LogP contribution in [-0.2, 0) is 9.53 Å². The van der Waals surface area contributed by atoms with E-state index in [0.717, 1.165) is 31.9 Å². The SMILES string of the molecule is COCC(=O)Nc1ccc(N2CCN(C(c3ccccc3)c3ccc(Cl)cc3)CC2)cc1C(=O)O. The molecule has 0 radical (unpaired) electrons. The Balaban J connectivity index is 1.52. The second-order valence-corrected chi connectivity index (χ2v) is 8.84. The molecule has 1 fully saturated rings. The Labute approximate surface area is 209 Å². The highest BCUT2D eigenvalue weighted by atomic mass is 35.5. The summed E-state index contributed by atoms with van der Waals surface area (Å²) >= 11 is 6.13. The van der Waals surface area contributed by atoms with Gasteiger partial charge < -0.3 is 20.1 Å². The molecular formula is C27H28ClN3O4. The number of carbonyl (C=O) groups excluding carboxylic acids is 1. The van der Waals surface area contributed by atoms with E-state index >= 15 is 0 Å². The molecule has 0 saturated carbocycles. The minimum Gasteiger partial charge on any atom is -0.478 e. The zero-order valence-corrected chi connectivity index (χ0v) is 20.2. The van der Waals surface area contributed by atoms with E-state index in [9.17, 15) is 14.7 Å². The number of halogens is 1. The van der Waals surface area contributed by atoms with Crippen molar-refractivity contribution in [2.45, 2.75) is 6.04 Å². The summed E-state index contributed by atoms with van der Waals surface area (Å²) in [4.78, 5) is 28.3. The van der Waals surface area contributed by atoms with E-state index in [-0.39, 0.29) is 23.9 Å². The van der Waals surface area contributed by atoms with Crippen molar-refractivity contribution in [3.63, 3.8) is 0 Å². The average Bonchev–Trinajstić information content (AvgIpc) is 2.87. The van der Waals surface area contributed by atoms with Gasteiger partial charge in [0.1, 0.15) is 6.61 Å². The minimum absolute atomic E-state index is 0.0534. The van der Waals surface area contributed by atoms with Crippen LogP contribution in [0.5, 0.6) is 0 Å². The fourth-order valence-electron chi connectivity index (χ4n) is 4.47. The Bertz CT molecular complexity index is 1160. The lowest BCUT2D eigenvalue weighted by atomic mass is 9.96. The summed E-state index contributed by atoms with van der Waals surface area (Å²) < 4.78 is 4.82. The number of carboxylic acids is 1. The molecule has 7 nitrogen and oxygen atoms in total. The molecule has 0 spiro atoms. The van der Waals surface area contributed by atoms with E-state index in [1.54, 1.807) is 12.1 Å². The Morgan fingerprint density at radius 2 is 1.63 bits per heavy atom. The largest absolute Gasteiger partial charge is 0.478 e. The molecule has 8 heteroatoms. The maximum atomic E-state index is 11.9. The number of amides is 1. The molecule has 4 rings (SSSR count). The fraction of sp³-hybridized carbons (Fsp3) is 0.259. The second-order valence-electron chi connectivity index (χ2n) is 8.40. The lowest BCUT2D eigenvalue weighted by molar-refractivity contribution is -0.119. The lowest BCUT2D eigenvalue weighted by Crippen LogP contribution is -2.48. The van der Waals surface area contributed by atoms with Crippen LogP contribution in [-0.4, -0.2) is 61.8 Å². The first kappa shape index (κ1) is 24.7. The number of aromatic carboxylic acids is 1. The Morgan fingerprint density at radius 1 is 0.971 bits per heavy atom. The van der Waals surface area contributed by atoms with Crippen LogP contribution < -0.4 is 10.2 Å². The van der Waals surface area contributed by atoms with E-state index in [4.69, 9.17) is 16.3 Å². The number of carboxylic acid groups (broad SMARTS) is 1. The number of methoxy groups -OCH3 is 1. The average molecular weight is 494 g/mol. The number of carbonyl (C=O) groups is 2. The van der Waals surface area contributed by atoms with E-state index in [0.29, 0.717) is 5.02 Å². The van der Waals surface area contributed by atoms with Crippen LogP contribution in [0.15, 0.2) is 72.8 Å². The van der Waals surface area contributed by atoms with Gasteiger partial charge in [-0.3, -0.25) is 9.69 Å². The van der Waals surface area contributed by atoms with Crippen molar-refractivity contribution < 1.29 is 19.4 Å². The summed E-state index contributed by atoms with van der Waals surface area (Å²) in [5.41, 5.74) is 3.52. The van der Waals surface area contributed by atoms with Crippen LogP contribution in [0, 0.1) is 0 Å². The molecule has 1 unspecified atom stereocenters. The monoisotopic (exact) mass is 493 g/mol. The van der Waals surface area contributed by atoms with Gasteiger partial charge in [0.15, 0.2) is 0 Å². The molecule has 1 amide bonds. The van der Waals surface area contributed by atoms with Crippen LogP contribution in [0.3, 0.4) is 0 Å². The van der Waals surface area contributed by atoms with Crippen molar-refractivity contribution in [3.05, 3.63) is 94.5 Å². The quantitative estimate of drug-likeness (QED) is 0.479. The number of anilines is 2. The highest BCUT2D eigenvalue weighted by Crippen LogP contribution is 2.32. The Hall–Kier alpha value is -3.39. The molecule has 35 heavy (non-hydrogen) atoms. The van der Waals surface area contributed by atoms with E-state index in [1.165, 1.54) is 18.2 Å². The van der Waals surface area contributed by atoms with Crippen molar-refractivity contribution >= 4 is 34.9 Å². The molecule has 0 aromatic heterocycles. The maximum Gasteiger partial charge on any atom is 0.337 e. The number of benzene rings is 3. The summed E-state index contributed by atoms with van der Waals surface area (Å²) in [7, 11) is 1.41. The van der Waals surface area contributed by atoms with Crippen LogP contribution in [0.25, 0.3) is 0 Å². The predicted molar refractivity (Wildman–Crippen MR) is 137 cm³/mol. The molecule has 2 N–H and O–H groups in total. The first-order valence-corrected chi connectivity index (χ1v) is 11.8. The maximum absolute atomic E-state index is 11.9. The molecule has 0 bridgehead atoms. The fourth-order valence-corrected chi connectivity index (χ4v) is 4.59. The number of nitrogens with one attached hydrogen (secondary N) is 1. The van der Waals surface area contributed by atoms with Crippen molar-refractivity contribution in [2.75, 3.05) is 50.1 Å². The molecule has 1 aliphatic rings. The molecule has 1 atom stereocenters. The second kappa shape index (κ2) is 11.4. The van der Waals surface area contributed by atoms with Gasteiger partial charge in [0.05, 0.1) is 17.3 Å². The van der Waals surface area contributed by atoms with Gasteiger partial charge in [0, 0.05) is 44.0 Å². The highest BCUT2D eigenvalue weighted by molar-refractivity contribution is 6.30. The molecular weight excluding hydrogens is 466 g/mol. The van der Waals surface area contributed by atoms with Crippen molar-refractivity contribution in [1.29, 1.82) is 0 Å². The van der Waals surface area contributed by atoms with Crippen molar-refractivity contribution in [3.8, 4) is 0 Å². The molecule has 1 saturated heterocycles. The smallest absolute Gasteiger partial charge is 0.337 e. The van der Waals surface area contributed by atoms with Gasteiger partial charge in [-0.05, 0) is 41.5 Å². The Kier molecular flexibility index (Phi) is 8.02. The van der Waals surface area contributed by atoms with Gasteiger partial charge in [-0.2, -0.15) is 0 Å². The number of nitrogens with zero attached hydrogens (tertiary/aromatic N) is 2. The third-order valence-electron chi connectivity index (χ3n) is 6.13. The van der Waals surface area contributed by atoms with Gasteiger partial charge in [-0.15, -0.1) is 0 Å². The zero-order valence-electron chi connectivity index (χ0n) is 19.5. The van der Waals surface area contributed by atoms with Gasteiger partial charge in [0.2, 0.25) is 5.91 Å². The molecule has 182 valence electrons. The minimum atomic E-state index is -1.09. The Morgan fingerprint density at radius 3 is 2.26 bits per heavy atom. The zero-order chi connectivity index (χ0) is 24.8. The molecule has 1 heterocycles. The number of piperazine rings is 1. The van der Waals surface area contributed by atoms with E-state index in [1.807, 2.05) is 24.3 Å². The van der Waals surface area contributed by atoms with Crippen LogP contribution >= 0.6 is 11.6 Å². The third-order valence-corrected chi connectivity index (χ3v) is 6.38. The van der Waals surface area contributed by atoms with Gasteiger partial charge in [-0.1, -0.05) is 54.1 Å². The summed E-state index contributed by atoms with van der Waals surface area (Å²) in [6.07, 6.45) is 0. The third kappa shape index (κ3) is 6.00. The molecule has 1 aliphatic heterocycles. The molecule has 3 aromatic rings. The van der Waals surface area contributed by atoms with E-state index < -0.39 is 11.9 Å². The number of hydrogen-bond acceptors (Lipinski definition) is 5. The highest BCUT2D eigenvalue weighted by Gasteiger charge is 2.27. The number of hydrogen-bond donors (Lipinski definition) is 2. The lowest BCUT2D eigenvalue weighted by Gasteiger charge is -2.40. The summed E-state index contributed by atoms with van der Waals surface area (Å²) in [6, 6.07) is 23.6. The van der Waals surface area contributed by atoms with Crippen molar-refractivity contribution in [2.24, 2.45) is 0 Å². The molecule has 3 aromatic carbocycles. The first-order chi connectivity index (χ1) is 17.0.